The fourth-order valence-corrected chi connectivity index (χ4v) is 2.48. The van der Waals surface area contributed by atoms with Crippen LogP contribution in [0.3, 0.4) is 0 Å². The number of hydrogen-bond donors (Lipinski definition) is 1. The molecule has 0 saturated carbocycles. The molecule has 0 aromatic heterocycles. The van der Waals surface area contributed by atoms with E-state index >= 15 is 0 Å². The molecule has 0 radical (unpaired) electrons. The van der Waals surface area contributed by atoms with Gasteiger partial charge < -0.3 is 4.74 Å². The summed E-state index contributed by atoms with van der Waals surface area (Å²) in [6.07, 6.45) is 3.46. The van der Waals surface area contributed by atoms with Gasteiger partial charge in [0.25, 0.3) is 0 Å². The summed E-state index contributed by atoms with van der Waals surface area (Å²) >= 11 is 4.19. The summed E-state index contributed by atoms with van der Waals surface area (Å²) in [7, 11) is 0. The monoisotopic (exact) mass is 280 g/mol. The lowest BCUT2D eigenvalue weighted by molar-refractivity contribution is -0.0169. The Labute approximate surface area is 124 Å². The highest BCUT2D eigenvalue weighted by molar-refractivity contribution is 7.80. The van der Waals surface area contributed by atoms with Crippen molar-refractivity contribution in [2.75, 3.05) is 12.4 Å². The van der Waals surface area contributed by atoms with Gasteiger partial charge in [0.05, 0.1) is 12.2 Å². The van der Waals surface area contributed by atoms with E-state index in [0.29, 0.717) is 0 Å². The van der Waals surface area contributed by atoms with Gasteiger partial charge in [0.2, 0.25) is 0 Å². The lowest BCUT2D eigenvalue weighted by atomic mass is 9.79. The minimum atomic E-state index is -0.0322. The predicted molar refractivity (Wildman–Crippen MR) is 87.2 cm³/mol. The van der Waals surface area contributed by atoms with Crippen LogP contribution in [0.25, 0.3) is 0 Å². The van der Waals surface area contributed by atoms with Crippen molar-refractivity contribution in [2.45, 2.75) is 58.0 Å². The van der Waals surface area contributed by atoms with Gasteiger partial charge in [0.1, 0.15) is 0 Å². The molecule has 0 aliphatic carbocycles. The number of benzene rings is 1. The van der Waals surface area contributed by atoms with Crippen LogP contribution in [-0.2, 0) is 10.2 Å². The summed E-state index contributed by atoms with van der Waals surface area (Å²) in [6, 6.07) is 10.8. The molecule has 0 spiro atoms. The number of ether oxygens (including phenoxy) is 1. The fourth-order valence-electron chi connectivity index (χ4n) is 2.38. The van der Waals surface area contributed by atoms with Crippen molar-refractivity contribution in [3.05, 3.63) is 35.9 Å². The van der Waals surface area contributed by atoms with Gasteiger partial charge in [0.15, 0.2) is 0 Å². The Bertz CT molecular complexity index is 357. The largest absolute Gasteiger partial charge is 0.375 e. The lowest BCUT2D eigenvalue weighted by Gasteiger charge is -2.29. The van der Waals surface area contributed by atoms with Crippen LogP contribution >= 0.6 is 12.6 Å². The Morgan fingerprint density at radius 3 is 2.21 bits per heavy atom. The van der Waals surface area contributed by atoms with Crippen molar-refractivity contribution in [3.8, 4) is 0 Å². The van der Waals surface area contributed by atoms with Crippen LogP contribution in [0.5, 0.6) is 0 Å². The number of rotatable bonds is 8. The highest BCUT2D eigenvalue weighted by Gasteiger charge is 2.23. The van der Waals surface area contributed by atoms with Gasteiger partial charge in [-0.25, -0.2) is 0 Å². The first-order valence-electron chi connectivity index (χ1n) is 7.18. The van der Waals surface area contributed by atoms with Gasteiger partial charge >= 0.3 is 0 Å². The molecule has 1 aromatic rings. The quantitative estimate of drug-likeness (QED) is 0.669. The van der Waals surface area contributed by atoms with Crippen LogP contribution in [0.2, 0.25) is 0 Å². The topological polar surface area (TPSA) is 9.23 Å². The maximum absolute atomic E-state index is 5.82. The Morgan fingerprint density at radius 2 is 1.63 bits per heavy atom. The molecule has 19 heavy (non-hydrogen) atoms. The molecule has 0 unspecified atom stereocenters. The average Bonchev–Trinajstić information content (AvgIpc) is 2.37. The standard InChI is InChI=1S/C17H28OS/c1-16(2,15-9-6-5-7-10-15)11-8-12-17(3,4)18-13-14-19/h5-7,9-10,19H,8,11-14H2,1-4H3. The van der Waals surface area contributed by atoms with E-state index < -0.39 is 0 Å². The highest BCUT2D eigenvalue weighted by atomic mass is 32.1. The zero-order valence-electron chi connectivity index (χ0n) is 12.8. The molecule has 1 aromatic carbocycles. The summed E-state index contributed by atoms with van der Waals surface area (Å²) in [5.41, 5.74) is 1.63. The molecule has 0 fully saturated rings. The second-order valence-corrected chi connectivity index (χ2v) is 6.88. The molecule has 0 heterocycles. The third kappa shape index (κ3) is 6.01. The van der Waals surface area contributed by atoms with E-state index in [1.165, 1.54) is 18.4 Å². The van der Waals surface area contributed by atoms with Gasteiger partial charge in [-0.3, -0.25) is 0 Å². The lowest BCUT2D eigenvalue weighted by Crippen LogP contribution is -2.26. The SMILES string of the molecule is CC(C)(CCCC(C)(C)c1ccccc1)OCCS. The molecule has 0 bridgehead atoms. The van der Waals surface area contributed by atoms with Crippen LogP contribution in [-0.4, -0.2) is 18.0 Å². The predicted octanol–water partition coefficient (Wildman–Crippen LogP) is 4.86. The number of thiol groups is 1. The van der Waals surface area contributed by atoms with Gasteiger partial charge in [-0.1, -0.05) is 44.2 Å². The average molecular weight is 280 g/mol. The minimum Gasteiger partial charge on any atom is -0.375 e. The van der Waals surface area contributed by atoms with Crippen molar-refractivity contribution in [3.63, 3.8) is 0 Å². The molecule has 1 nitrogen and oxygen atoms in total. The molecule has 0 amide bonds. The molecular formula is C17H28OS. The van der Waals surface area contributed by atoms with Crippen LogP contribution < -0.4 is 0 Å². The van der Waals surface area contributed by atoms with Crippen LogP contribution in [0.1, 0.15) is 52.5 Å². The molecular weight excluding hydrogens is 252 g/mol. The van der Waals surface area contributed by atoms with E-state index in [1.54, 1.807) is 0 Å². The highest BCUT2D eigenvalue weighted by Crippen LogP contribution is 2.30. The maximum atomic E-state index is 5.82. The van der Waals surface area contributed by atoms with Gasteiger partial charge in [-0.2, -0.15) is 12.6 Å². The van der Waals surface area contributed by atoms with E-state index in [4.69, 9.17) is 4.74 Å². The van der Waals surface area contributed by atoms with Crippen molar-refractivity contribution in [2.24, 2.45) is 0 Å². The third-order valence-corrected chi connectivity index (χ3v) is 3.90. The van der Waals surface area contributed by atoms with E-state index in [9.17, 15) is 0 Å². The molecule has 1 rings (SSSR count). The Morgan fingerprint density at radius 1 is 1.00 bits per heavy atom. The van der Waals surface area contributed by atoms with E-state index in [0.717, 1.165) is 18.8 Å². The summed E-state index contributed by atoms with van der Waals surface area (Å²) in [4.78, 5) is 0. The van der Waals surface area contributed by atoms with Crippen molar-refractivity contribution in [1.29, 1.82) is 0 Å². The van der Waals surface area contributed by atoms with E-state index in [1.807, 2.05) is 0 Å². The molecule has 0 aliphatic rings. The Kier molecular flexibility index (Phi) is 6.41. The summed E-state index contributed by atoms with van der Waals surface area (Å²) in [6.45, 7) is 9.73. The first-order chi connectivity index (χ1) is 8.87. The van der Waals surface area contributed by atoms with Crippen molar-refractivity contribution in [1.82, 2.24) is 0 Å². The first kappa shape index (κ1) is 16.6. The second-order valence-electron chi connectivity index (χ2n) is 6.44. The van der Waals surface area contributed by atoms with Crippen LogP contribution in [0, 0.1) is 0 Å². The fraction of sp³-hybridized carbons (Fsp3) is 0.647. The van der Waals surface area contributed by atoms with E-state index in [2.05, 4.69) is 70.7 Å². The van der Waals surface area contributed by atoms with E-state index in [-0.39, 0.29) is 11.0 Å². The van der Waals surface area contributed by atoms with Gasteiger partial charge in [-0.05, 0) is 44.1 Å². The summed E-state index contributed by atoms with van der Waals surface area (Å²) in [5.74, 6) is 0.791. The van der Waals surface area contributed by atoms with Gasteiger partial charge in [-0.15, -0.1) is 0 Å². The smallest absolute Gasteiger partial charge is 0.0626 e. The number of hydrogen-bond acceptors (Lipinski definition) is 2. The normalized spacial score (nSPS) is 12.7. The molecule has 0 saturated heterocycles. The molecule has 2 heteroatoms. The third-order valence-electron chi connectivity index (χ3n) is 3.72. The zero-order valence-corrected chi connectivity index (χ0v) is 13.7. The summed E-state index contributed by atoms with van der Waals surface area (Å²) < 4.78 is 5.82. The van der Waals surface area contributed by atoms with Crippen LogP contribution in [0.15, 0.2) is 30.3 Å². The zero-order chi connectivity index (χ0) is 14.4. The van der Waals surface area contributed by atoms with Crippen molar-refractivity contribution >= 4 is 12.6 Å². The summed E-state index contributed by atoms with van der Waals surface area (Å²) in [5, 5.41) is 0. The van der Waals surface area contributed by atoms with Gasteiger partial charge in [0, 0.05) is 5.75 Å². The van der Waals surface area contributed by atoms with Crippen molar-refractivity contribution < 1.29 is 4.74 Å². The molecule has 0 aliphatic heterocycles. The molecule has 0 N–H and O–H groups in total. The Hall–Kier alpha value is -0.470. The molecule has 108 valence electrons. The maximum Gasteiger partial charge on any atom is 0.0626 e. The molecule has 0 atom stereocenters. The Balaban J connectivity index is 2.44. The van der Waals surface area contributed by atoms with Crippen LogP contribution in [0.4, 0.5) is 0 Å². The second kappa shape index (κ2) is 7.35. The minimum absolute atomic E-state index is 0.0322. The first-order valence-corrected chi connectivity index (χ1v) is 7.81.